The molecule has 0 radical (unpaired) electrons. The summed E-state index contributed by atoms with van der Waals surface area (Å²) in [6.07, 6.45) is 9.50. The normalized spacial score (nSPS) is 13.5. The number of carbonyl (C=O) groups is 2. The first-order valence-electron chi connectivity index (χ1n) is 23.9. The van der Waals surface area contributed by atoms with Crippen molar-refractivity contribution in [2.45, 2.75) is 41.5 Å². The molecular weight excluding hydrogens is 957 g/mol. The molecule has 0 aromatic carbocycles. The summed E-state index contributed by atoms with van der Waals surface area (Å²) >= 11 is 0. The Balaban J connectivity index is 0.000000128. The van der Waals surface area contributed by atoms with Crippen LogP contribution in [0.15, 0.2) is 86.2 Å². The molecule has 0 aliphatic carbocycles. The second-order valence-corrected chi connectivity index (χ2v) is 16.9. The second-order valence-electron chi connectivity index (χ2n) is 16.9. The minimum atomic E-state index is -0.0167. The molecule has 9 aromatic heterocycles. The minimum Gasteiger partial charge on any atom is -0.361 e. The lowest BCUT2D eigenvalue weighted by Crippen LogP contribution is -2.40. The standard InChI is InChI=1S/C17H18N8.2C16H16N8O/c1-4-25-10(2)7-18-16-17(25)23-14(8-19-16)12-5-6-13(22-11(12)3)15-20-9-21-24-15;2*1-3-24-13(25)7-18-15-16(24)22-12(6-17-15)10-4-5-11(21-9(10)2)14-19-8-20-23-14/h5-6,8-9H,2,4,7H2,1,3H3,(H,18,19)(H,20,21,24);2*4-6,8H,3,7H2,1-2H3,(H,17,18)(H,19,20,23). The van der Waals surface area contributed by atoms with Gasteiger partial charge in [0.05, 0.1) is 55.3 Å². The molecule has 0 unspecified atom stereocenters. The molecule has 12 heterocycles. The average Bonchev–Trinajstić information content (AvgIpc) is 4.28. The molecule has 3 aliphatic rings. The number of H-pyrrole nitrogens is 3. The van der Waals surface area contributed by atoms with Crippen molar-refractivity contribution in [3.8, 4) is 68.3 Å². The molecule has 2 amide bonds. The summed E-state index contributed by atoms with van der Waals surface area (Å²) in [4.78, 5) is 83.0. The van der Waals surface area contributed by atoms with Gasteiger partial charge < -0.3 is 20.9 Å². The number of amides is 2. The van der Waals surface area contributed by atoms with Crippen molar-refractivity contribution < 1.29 is 9.59 Å². The molecular formula is C49H50N24O2. The fourth-order valence-electron chi connectivity index (χ4n) is 8.55. The van der Waals surface area contributed by atoms with Gasteiger partial charge in [-0.3, -0.25) is 34.7 Å². The fourth-order valence-corrected chi connectivity index (χ4v) is 8.55. The molecule has 12 rings (SSSR count). The first kappa shape index (κ1) is 48.6. The molecule has 3 aliphatic heterocycles. The van der Waals surface area contributed by atoms with Gasteiger partial charge in [0.15, 0.2) is 52.4 Å². The molecule has 0 fully saturated rings. The molecule has 0 atom stereocenters. The van der Waals surface area contributed by atoms with Crippen LogP contribution in [0.4, 0.5) is 34.9 Å². The van der Waals surface area contributed by atoms with Gasteiger partial charge in [-0.2, -0.15) is 15.3 Å². The van der Waals surface area contributed by atoms with Gasteiger partial charge in [-0.25, -0.2) is 59.8 Å². The Labute approximate surface area is 428 Å². The lowest BCUT2D eigenvalue weighted by molar-refractivity contribution is -0.118. The Hall–Kier alpha value is -10.0. The maximum atomic E-state index is 12.0. The number of carbonyl (C=O) groups excluding carboxylic acids is 2. The Bertz CT molecular complexity index is 3180. The Morgan fingerprint density at radius 2 is 0.773 bits per heavy atom. The zero-order valence-electron chi connectivity index (χ0n) is 41.7. The van der Waals surface area contributed by atoms with Crippen molar-refractivity contribution in [2.75, 3.05) is 69.9 Å². The summed E-state index contributed by atoms with van der Waals surface area (Å²) in [6.45, 7) is 18.8. The molecule has 6 N–H and O–H groups in total. The van der Waals surface area contributed by atoms with Crippen LogP contribution in [0.3, 0.4) is 0 Å². The third kappa shape index (κ3) is 9.85. The van der Waals surface area contributed by atoms with E-state index in [9.17, 15) is 9.59 Å². The first-order valence-corrected chi connectivity index (χ1v) is 23.9. The Morgan fingerprint density at radius 3 is 1.08 bits per heavy atom. The van der Waals surface area contributed by atoms with E-state index in [-0.39, 0.29) is 24.9 Å². The predicted molar refractivity (Wildman–Crippen MR) is 280 cm³/mol. The molecule has 75 heavy (non-hydrogen) atoms. The van der Waals surface area contributed by atoms with Crippen LogP contribution in [-0.4, -0.2) is 141 Å². The molecule has 0 saturated carbocycles. The van der Waals surface area contributed by atoms with Gasteiger partial charge in [0, 0.05) is 59.1 Å². The summed E-state index contributed by atoms with van der Waals surface area (Å²) in [5.41, 5.74) is 10.3. The number of likely N-dealkylation sites (N-methyl/N-ethyl adjacent to an activating group) is 3. The molecule has 0 saturated heterocycles. The van der Waals surface area contributed by atoms with Crippen molar-refractivity contribution in [3.63, 3.8) is 0 Å². The number of aryl methyl sites for hydroxylation is 3. The van der Waals surface area contributed by atoms with E-state index in [1.165, 1.54) is 19.0 Å². The van der Waals surface area contributed by atoms with Crippen LogP contribution in [0.1, 0.15) is 37.9 Å². The van der Waals surface area contributed by atoms with Crippen molar-refractivity contribution in [2.24, 2.45) is 0 Å². The van der Waals surface area contributed by atoms with Gasteiger partial charge in [-0.15, -0.1) is 0 Å². The number of nitrogens with zero attached hydrogens (tertiary/aromatic N) is 18. The number of pyridine rings is 3. The molecule has 378 valence electrons. The highest BCUT2D eigenvalue weighted by atomic mass is 16.2. The van der Waals surface area contributed by atoms with Gasteiger partial charge in [0.25, 0.3) is 0 Å². The van der Waals surface area contributed by atoms with Crippen molar-refractivity contribution >= 4 is 46.7 Å². The first-order chi connectivity index (χ1) is 36.5. The van der Waals surface area contributed by atoms with Gasteiger partial charge >= 0.3 is 0 Å². The van der Waals surface area contributed by atoms with Gasteiger partial charge in [-0.05, 0) is 77.9 Å². The number of rotatable bonds is 9. The topological polar surface area (TPSA) is 321 Å². The van der Waals surface area contributed by atoms with E-state index in [0.29, 0.717) is 83.2 Å². The van der Waals surface area contributed by atoms with Gasteiger partial charge in [0.2, 0.25) is 11.8 Å². The summed E-state index contributed by atoms with van der Waals surface area (Å²) in [7, 11) is 0. The van der Waals surface area contributed by atoms with Gasteiger partial charge in [0.1, 0.15) is 36.1 Å². The van der Waals surface area contributed by atoms with E-state index >= 15 is 0 Å². The number of hydrogen-bond donors (Lipinski definition) is 6. The number of fused-ring (bicyclic) bond motifs is 3. The minimum absolute atomic E-state index is 0.0167. The lowest BCUT2D eigenvalue weighted by atomic mass is 10.1. The smallest absolute Gasteiger partial charge is 0.247 e. The maximum absolute atomic E-state index is 12.0. The highest BCUT2D eigenvalue weighted by Crippen LogP contribution is 2.34. The molecule has 26 nitrogen and oxygen atoms in total. The molecule has 0 bridgehead atoms. The second kappa shape index (κ2) is 21.0. The fraction of sp³-hybridized carbons (Fsp3) is 0.245. The van der Waals surface area contributed by atoms with E-state index in [4.69, 9.17) is 4.98 Å². The van der Waals surface area contributed by atoms with E-state index in [2.05, 4.69) is 120 Å². The van der Waals surface area contributed by atoms with Crippen LogP contribution in [-0.2, 0) is 9.59 Å². The maximum Gasteiger partial charge on any atom is 0.247 e. The number of nitrogens with one attached hydrogen (secondary N) is 6. The van der Waals surface area contributed by atoms with Crippen LogP contribution >= 0.6 is 0 Å². The number of aromatic amines is 3. The highest BCUT2D eigenvalue weighted by molar-refractivity contribution is 6.01. The van der Waals surface area contributed by atoms with E-state index in [0.717, 1.165) is 69.0 Å². The largest absolute Gasteiger partial charge is 0.361 e. The number of hydrogen-bond acceptors (Lipinski definition) is 21. The Kier molecular flexibility index (Phi) is 13.6. The summed E-state index contributed by atoms with van der Waals surface area (Å²) in [6, 6.07) is 11.4. The molecule has 26 heteroatoms. The van der Waals surface area contributed by atoms with E-state index in [1.807, 2.05) is 71.0 Å². The zero-order chi connectivity index (χ0) is 52.2. The van der Waals surface area contributed by atoms with Crippen LogP contribution in [0, 0.1) is 20.8 Å². The van der Waals surface area contributed by atoms with E-state index in [1.54, 1.807) is 28.4 Å². The van der Waals surface area contributed by atoms with Crippen LogP contribution in [0.5, 0.6) is 0 Å². The van der Waals surface area contributed by atoms with Crippen molar-refractivity contribution in [1.82, 2.24) is 90.4 Å². The summed E-state index contributed by atoms with van der Waals surface area (Å²) in [5, 5.41) is 29.2. The third-order valence-corrected chi connectivity index (χ3v) is 12.3. The molecule has 9 aromatic rings. The third-order valence-electron chi connectivity index (χ3n) is 12.3. The summed E-state index contributed by atoms with van der Waals surface area (Å²) < 4.78 is 0. The predicted octanol–water partition coefficient (Wildman–Crippen LogP) is 5.22. The van der Waals surface area contributed by atoms with Crippen molar-refractivity contribution in [3.05, 3.63) is 103 Å². The SMILES string of the molecule is C=C1CNc2ncc(-c3ccc(-c4ncn[nH]4)nc3C)nc2N1CC.CCN1C(=O)CNc2ncc(-c3ccc(-c4ncn[nH]4)nc3C)nc21.CCN1C(=O)CNc2ncc(-c3ccc(-c4ncn[nH]4)nc3C)nc21. The van der Waals surface area contributed by atoms with Crippen molar-refractivity contribution in [1.29, 1.82) is 0 Å². The zero-order valence-corrected chi connectivity index (χ0v) is 41.7. The van der Waals surface area contributed by atoms with Crippen LogP contribution < -0.4 is 30.7 Å². The van der Waals surface area contributed by atoms with Crippen LogP contribution in [0.2, 0.25) is 0 Å². The number of aromatic nitrogens is 18. The lowest BCUT2D eigenvalue weighted by Gasteiger charge is -2.31. The van der Waals surface area contributed by atoms with Gasteiger partial charge in [-0.1, -0.05) is 6.58 Å². The van der Waals surface area contributed by atoms with E-state index < -0.39 is 0 Å². The molecule has 0 spiro atoms. The Morgan fingerprint density at radius 1 is 0.440 bits per heavy atom. The summed E-state index contributed by atoms with van der Waals surface area (Å²) in [5.74, 6) is 5.75. The highest BCUT2D eigenvalue weighted by Gasteiger charge is 2.28. The average molecular weight is 1010 g/mol. The quantitative estimate of drug-likeness (QED) is 0.108. The number of anilines is 6. The van der Waals surface area contributed by atoms with Crippen LogP contribution in [0.25, 0.3) is 68.3 Å². The monoisotopic (exact) mass is 1010 g/mol.